The van der Waals surface area contributed by atoms with Gasteiger partial charge in [-0.25, -0.2) is 19.8 Å². The second-order valence-electron chi connectivity index (χ2n) is 11.5. The van der Waals surface area contributed by atoms with Crippen molar-refractivity contribution >= 4 is 45.5 Å². The number of benzene rings is 2. The number of hydrogen-bond donors (Lipinski definition) is 4. The maximum atomic E-state index is 12.3. The number of allylic oxidation sites excluding steroid dienone is 5. The van der Waals surface area contributed by atoms with Crippen LogP contribution in [0.4, 0.5) is 4.79 Å². The fraction of sp³-hybridized carbons (Fsp3) is 0.265. The van der Waals surface area contributed by atoms with E-state index < -0.39 is 12.3 Å². The third kappa shape index (κ3) is 7.62. The maximum absolute atomic E-state index is 12.3. The average molecular weight is 650 g/mol. The Morgan fingerprint density at radius 1 is 1.26 bits per heavy atom. The van der Waals surface area contributed by atoms with Gasteiger partial charge in [0.1, 0.15) is 30.0 Å². The Hall–Kier alpha value is -5.61. The normalized spacial score (nSPS) is 20.0. The van der Waals surface area contributed by atoms with Crippen LogP contribution < -0.4 is 21.7 Å². The van der Waals surface area contributed by atoms with Crippen molar-refractivity contribution < 1.29 is 14.3 Å². The first-order valence-electron chi connectivity index (χ1n) is 15.1. The number of likely N-dealkylation sites (N-methyl/N-ethyl adjacent to an activating group) is 1. The minimum atomic E-state index is -0.479. The lowest BCUT2D eigenvalue weighted by molar-refractivity contribution is 0.137. The van der Waals surface area contributed by atoms with Crippen LogP contribution in [0, 0.1) is 16.7 Å². The first-order chi connectivity index (χ1) is 22.8. The summed E-state index contributed by atoms with van der Waals surface area (Å²) in [4.78, 5) is 27.4. The van der Waals surface area contributed by atoms with E-state index >= 15 is 0 Å². The van der Waals surface area contributed by atoms with Gasteiger partial charge in [-0.05, 0) is 35.8 Å². The molecular weight excluding hydrogens is 615 g/mol. The zero-order valence-corrected chi connectivity index (χ0v) is 26.9. The molecule has 3 heterocycles. The lowest BCUT2D eigenvalue weighted by atomic mass is 9.81. The Labute approximate surface area is 276 Å². The van der Waals surface area contributed by atoms with Gasteiger partial charge in [-0.1, -0.05) is 61.5 Å². The predicted octanol–water partition coefficient (Wildman–Crippen LogP) is 4.47. The van der Waals surface area contributed by atoms with E-state index in [4.69, 9.17) is 15.2 Å². The van der Waals surface area contributed by atoms with Crippen LogP contribution in [-0.4, -0.2) is 54.6 Å². The molecule has 0 saturated heterocycles. The Morgan fingerprint density at radius 3 is 2.83 bits per heavy atom. The molecule has 6 rings (SSSR count). The number of guanidine groups is 1. The van der Waals surface area contributed by atoms with E-state index in [1.165, 1.54) is 11.3 Å². The van der Waals surface area contributed by atoms with E-state index in [-0.39, 0.29) is 18.0 Å². The minimum Gasteiger partial charge on any atom is -0.473 e. The molecule has 2 unspecified atom stereocenters. The Kier molecular flexibility index (Phi) is 9.21. The van der Waals surface area contributed by atoms with Crippen LogP contribution in [0.5, 0.6) is 0 Å². The Morgan fingerprint density at radius 2 is 2.06 bits per heavy atom. The lowest BCUT2D eigenvalue weighted by Gasteiger charge is -2.29. The number of carbonyl (C=O) groups excluding carboxylic acids is 1. The first-order valence-corrected chi connectivity index (χ1v) is 15.9. The summed E-state index contributed by atoms with van der Waals surface area (Å²) >= 11 is 1.53. The second-order valence-corrected chi connectivity index (χ2v) is 12.6. The van der Waals surface area contributed by atoms with Crippen molar-refractivity contribution in [1.82, 2.24) is 25.8 Å². The summed E-state index contributed by atoms with van der Waals surface area (Å²) in [5.74, 6) is 0.748. The fourth-order valence-electron chi connectivity index (χ4n) is 5.19. The summed E-state index contributed by atoms with van der Waals surface area (Å²) in [5, 5.41) is 19.3. The number of nitriles is 1. The molecule has 12 nitrogen and oxygen atoms in total. The van der Waals surface area contributed by atoms with Gasteiger partial charge in [0.2, 0.25) is 5.88 Å². The molecule has 2 aliphatic heterocycles. The van der Waals surface area contributed by atoms with Gasteiger partial charge >= 0.3 is 6.09 Å². The van der Waals surface area contributed by atoms with Gasteiger partial charge in [-0.2, -0.15) is 5.26 Å². The number of alkyl carbamates (subject to hydrolysis) is 1. The molecule has 240 valence electrons. The molecule has 47 heavy (non-hydrogen) atoms. The number of fused-ring (bicyclic) bond motifs is 2. The molecule has 1 amide bonds. The third-order valence-electron chi connectivity index (χ3n) is 7.89. The van der Waals surface area contributed by atoms with Gasteiger partial charge in [-0.15, -0.1) is 11.3 Å². The van der Waals surface area contributed by atoms with Crippen LogP contribution in [0.2, 0.25) is 0 Å². The van der Waals surface area contributed by atoms with Crippen LogP contribution in [0.1, 0.15) is 29.5 Å². The Balaban J connectivity index is 0.917. The zero-order chi connectivity index (χ0) is 32.8. The number of carbonyl (C=O) groups is 1. The SMILES string of the molecule is CN(CCOC(=O)NCc1ccc(COC2=C3NC=NC3N=C(N)N2)cc1)C1=CCC(C)(/C=C(\C#N)c2nc3ccccc3s2)C=C1. The molecule has 1 aliphatic carbocycles. The van der Waals surface area contributed by atoms with Crippen molar-refractivity contribution in [2.75, 3.05) is 20.2 Å². The molecule has 2 atom stereocenters. The number of nitrogens with two attached hydrogens (primary N) is 1. The van der Waals surface area contributed by atoms with Crippen LogP contribution in [-0.2, 0) is 22.6 Å². The molecule has 2 aromatic carbocycles. The molecule has 3 aromatic rings. The van der Waals surface area contributed by atoms with Gasteiger partial charge in [0.25, 0.3) is 0 Å². The number of aromatic nitrogens is 1. The average Bonchev–Trinajstić information content (AvgIpc) is 3.73. The molecule has 0 saturated carbocycles. The van der Waals surface area contributed by atoms with Crippen LogP contribution in [0.3, 0.4) is 0 Å². The molecule has 5 N–H and O–H groups in total. The van der Waals surface area contributed by atoms with E-state index in [1.807, 2.05) is 72.6 Å². The number of nitrogens with zero attached hydrogens (tertiary/aromatic N) is 5. The third-order valence-corrected chi connectivity index (χ3v) is 8.96. The summed E-state index contributed by atoms with van der Waals surface area (Å²) in [6.45, 7) is 3.53. The van der Waals surface area contributed by atoms with Crippen molar-refractivity contribution in [2.45, 2.75) is 32.7 Å². The van der Waals surface area contributed by atoms with Gasteiger partial charge < -0.3 is 30.7 Å². The quantitative estimate of drug-likeness (QED) is 0.220. The topological polar surface area (TPSA) is 162 Å². The lowest BCUT2D eigenvalue weighted by Crippen LogP contribution is -2.39. The van der Waals surface area contributed by atoms with Crippen LogP contribution in [0.15, 0.2) is 100 Å². The molecule has 0 fully saturated rings. The molecular formula is C34H35N9O3S. The number of para-hydroxylation sites is 1. The largest absolute Gasteiger partial charge is 0.473 e. The fourth-order valence-corrected chi connectivity index (χ4v) is 6.12. The predicted molar refractivity (Wildman–Crippen MR) is 182 cm³/mol. The molecule has 0 bridgehead atoms. The number of nitrogens with one attached hydrogen (secondary N) is 3. The highest BCUT2D eigenvalue weighted by molar-refractivity contribution is 7.19. The van der Waals surface area contributed by atoms with E-state index in [2.05, 4.69) is 56.1 Å². The molecule has 1 aromatic heterocycles. The highest BCUT2D eigenvalue weighted by atomic mass is 32.1. The van der Waals surface area contributed by atoms with Crippen molar-refractivity contribution in [3.05, 3.63) is 106 Å². The monoisotopic (exact) mass is 649 g/mol. The number of amides is 1. The van der Waals surface area contributed by atoms with Gasteiger partial charge in [-0.3, -0.25) is 5.32 Å². The number of thiazole rings is 1. The van der Waals surface area contributed by atoms with Gasteiger partial charge in [0.15, 0.2) is 12.1 Å². The summed E-state index contributed by atoms with van der Waals surface area (Å²) in [5.41, 5.74) is 10.6. The Bertz CT molecular complexity index is 1850. The summed E-state index contributed by atoms with van der Waals surface area (Å²) < 4.78 is 12.4. The smallest absolute Gasteiger partial charge is 0.407 e. The zero-order valence-electron chi connectivity index (χ0n) is 26.1. The van der Waals surface area contributed by atoms with E-state index in [9.17, 15) is 10.1 Å². The minimum absolute atomic E-state index is 0.235. The van der Waals surface area contributed by atoms with Crippen molar-refractivity contribution in [2.24, 2.45) is 21.1 Å². The molecule has 0 spiro atoms. The number of hydrogen-bond acceptors (Lipinski definition) is 12. The first kappa shape index (κ1) is 31.4. The van der Waals surface area contributed by atoms with E-state index in [0.717, 1.165) is 44.2 Å². The van der Waals surface area contributed by atoms with Crippen molar-refractivity contribution in [3.8, 4) is 6.07 Å². The van der Waals surface area contributed by atoms with Crippen LogP contribution >= 0.6 is 11.3 Å². The standard InChI is InChI=1S/C34H35N9O3S/c1-34(17-24(18-35)31-40-26-5-3-4-6-27(26)47-31)13-11-25(12-14-34)43(2)15-16-45-33(44)37-19-22-7-9-23(10-8-22)20-46-30-28-29(39-21-38-28)41-32(36)42-30/h3-13,17,21,29H,14-16,19-20H2,1-2H3,(H,37,44)(H,38,39)(H3,36,41,42)/b24-17+. The molecule has 0 radical (unpaired) electrons. The van der Waals surface area contributed by atoms with Gasteiger partial charge in [0.05, 0.1) is 28.7 Å². The van der Waals surface area contributed by atoms with E-state index in [0.29, 0.717) is 31.2 Å². The molecule has 13 heteroatoms. The molecule has 3 aliphatic rings. The van der Waals surface area contributed by atoms with Crippen molar-refractivity contribution in [3.63, 3.8) is 0 Å². The summed E-state index contributed by atoms with van der Waals surface area (Å²) in [7, 11) is 1.96. The van der Waals surface area contributed by atoms with Crippen molar-refractivity contribution in [1.29, 1.82) is 5.26 Å². The summed E-state index contributed by atoms with van der Waals surface area (Å²) in [6.07, 6.45) is 9.72. The number of aliphatic imine (C=N–C) groups is 2. The van der Waals surface area contributed by atoms with E-state index in [1.54, 1.807) is 6.34 Å². The second kappa shape index (κ2) is 13.8. The highest BCUT2D eigenvalue weighted by Gasteiger charge is 2.27. The van der Waals surface area contributed by atoms with Gasteiger partial charge in [0, 0.05) is 24.7 Å². The van der Waals surface area contributed by atoms with Crippen LogP contribution in [0.25, 0.3) is 15.8 Å². The summed E-state index contributed by atoms with van der Waals surface area (Å²) in [6, 6.07) is 18.0. The highest BCUT2D eigenvalue weighted by Crippen LogP contribution is 2.36. The maximum Gasteiger partial charge on any atom is 0.407 e. The number of rotatable bonds is 11. The number of ether oxygens (including phenoxy) is 2.